The lowest BCUT2D eigenvalue weighted by molar-refractivity contribution is -0.115. The van der Waals surface area contributed by atoms with Gasteiger partial charge < -0.3 is 10.3 Å². The molecule has 3 aromatic carbocycles. The van der Waals surface area contributed by atoms with Gasteiger partial charge in [-0.2, -0.15) is 0 Å². The molecule has 4 rings (SSSR count). The number of nitrogens with zero attached hydrogens (tertiary/aromatic N) is 1. The van der Waals surface area contributed by atoms with Gasteiger partial charge in [0, 0.05) is 28.3 Å². The summed E-state index contributed by atoms with van der Waals surface area (Å²) in [5.41, 5.74) is 4.52. The van der Waals surface area contributed by atoms with E-state index in [-0.39, 0.29) is 5.91 Å². The second kappa shape index (κ2) is 10.1. The van der Waals surface area contributed by atoms with Crippen molar-refractivity contribution in [2.75, 3.05) is 11.1 Å². The van der Waals surface area contributed by atoms with Crippen molar-refractivity contribution in [1.29, 1.82) is 0 Å². The zero-order valence-electron chi connectivity index (χ0n) is 16.4. The quantitative estimate of drug-likeness (QED) is 0.283. The molecule has 0 atom stereocenters. The summed E-state index contributed by atoms with van der Waals surface area (Å²) >= 11 is 13.5. The van der Waals surface area contributed by atoms with Crippen LogP contribution in [0.15, 0.2) is 84.0 Å². The Kier molecular flexibility index (Phi) is 6.97. The summed E-state index contributed by atoms with van der Waals surface area (Å²) in [6, 6.07) is 25.2. The number of aromatic nitrogens is 2. The molecular formula is C24H19Cl2N3OS. The van der Waals surface area contributed by atoms with E-state index in [2.05, 4.69) is 22.4 Å². The molecule has 7 heteroatoms. The minimum absolute atomic E-state index is 0.116. The first-order chi connectivity index (χ1) is 15.1. The SMILES string of the molecule is O=C(CCSc1nc(-c2ccccc2)c(-c2ccccc2)[nH]1)Nc1ccc(Cl)cc1Cl. The first kappa shape index (κ1) is 21.5. The highest BCUT2D eigenvalue weighted by Gasteiger charge is 2.15. The number of carbonyl (C=O) groups excluding carboxylic acids is 1. The molecule has 4 aromatic rings. The van der Waals surface area contributed by atoms with Crippen LogP contribution in [0.2, 0.25) is 10.0 Å². The molecule has 31 heavy (non-hydrogen) atoms. The molecule has 4 nitrogen and oxygen atoms in total. The molecule has 0 spiro atoms. The van der Waals surface area contributed by atoms with Crippen molar-refractivity contribution >= 4 is 46.6 Å². The number of aromatic amines is 1. The van der Waals surface area contributed by atoms with Crippen LogP contribution in [0.3, 0.4) is 0 Å². The Morgan fingerprint density at radius 3 is 2.29 bits per heavy atom. The van der Waals surface area contributed by atoms with Crippen molar-refractivity contribution < 1.29 is 4.79 Å². The van der Waals surface area contributed by atoms with Crippen molar-refractivity contribution in [2.24, 2.45) is 0 Å². The van der Waals surface area contributed by atoms with Crippen LogP contribution in [0.25, 0.3) is 22.5 Å². The average molecular weight is 468 g/mol. The van der Waals surface area contributed by atoms with E-state index in [0.717, 1.165) is 27.7 Å². The number of hydrogen-bond donors (Lipinski definition) is 2. The third-order valence-electron chi connectivity index (χ3n) is 4.56. The number of hydrogen-bond acceptors (Lipinski definition) is 3. The zero-order valence-corrected chi connectivity index (χ0v) is 18.8. The summed E-state index contributed by atoms with van der Waals surface area (Å²) in [5.74, 6) is 0.461. The van der Waals surface area contributed by atoms with Crippen LogP contribution < -0.4 is 5.32 Å². The van der Waals surface area contributed by atoms with Crippen molar-refractivity contribution in [3.63, 3.8) is 0 Å². The third-order valence-corrected chi connectivity index (χ3v) is 5.99. The number of rotatable bonds is 7. The second-order valence-corrected chi connectivity index (χ2v) is 8.70. The van der Waals surface area contributed by atoms with Gasteiger partial charge in [-0.1, -0.05) is 95.6 Å². The number of imidazole rings is 1. The molecule has 0 saturated carbocycles. The fraction of sp³-hybridized carbons (Fsp3) is 0.0833. The minimum atomic E-state index is -0.116. The van der Waals surface area contributed by atoms with Crippen LogP contribution in [0.4, 0.5) is 5.69 Å². The summed E-state index contributed by atoms with van der Waals surface area (Å²) in [5, 5.41) is 4.54. The van der Waals surface area contributed by atoms with Gasteiger partial charge in [-0.15, -0.1) is 0 Å². The zero-order chi connectivity index (χ0) is 21.6. The predicted molar refractivity (Wildman–Crippen MR) is 130 cm³/mol. The summed E-state index contributed by atoms with van der Waals surface area (Å²) in [4.78, 5) is 20.5. The van der Waals surface area contributed by atoms with Gasteiger partial charge in [-0.25, -0.2) is 4.98 Å². The number of thioether (sulfide) groups is 1. The van der Waals surface area contributed by atoms with Crippen LogP contribution in [0.1, 0.15) is 6.42 Å². The van der Waals surface area contributed by atoms with Gasteiger partial charge in [0.2, 0.25) is 5.91 Å². The molecule has 1 amide bonds. The Morgan fingerprint density at radius 2 is 1.61 bits per heavy atom. The highest BCUT2D eigenvalue weighted by Crippen LogP contribution is 2.33. The molecule has 0 fully saturated rings. The summed E-state index contributed by atoms with van der Waals surface area (Å²) in [7, 11) is 0. The van der Waals surface area contributed by atoms with Crippen molar-refractivity contribution in [2.45, 2.75) is 11.6 Å². The molecule has 0 aliphatic heterocycles. The van der Waals surface area contributed by atoms with E-state index in [1.54, 1.807) is 18.2 Å². The standard InChI is InChI=1S/C24H19Cl2N3OS/c25-18-11-12-20(19(26)15-18)27-21(30)13-14-31-24-28-22(16-7-3-1-4-8-16)23(29-24)17-9-5-2-6-10-17/h1-12,15H,13-14H2,(H,27,30)(H,28,29). The maximum absolute atomic E-state index is 12.3. The Bertz CT molecular complexity index is 1120. The van der Waals surface area contributed by atoms with E-state index in [0.29, 0.717) is 27.9 Å². The molecule has 0 radical (unpaired) electrons. The average Bonchev–Trinajstić information content (AvgIpc) is 3.21. The molecular weight excluding hydrogens is 449 g/mol. The Balaban J connectivity index is 1.45. The molecule has 156 valence electrons. The van der Waals surface area contributed by atoms with Crippen LogP contribution in [0.5, 0.6) is 0 Å². The monoisotopic (exact) mass is 467 g/mol. The fourth-order valence-corrected chi connectivity index (χ4v) is 4.35. The smallest absolute Gasteiger partial charge is 0.225 e. The topological polar surface area (TPSA) is 57.8 Å². The Morgan fingerprint density at radius 1 is 0.935 bits per heavy atom. The van der Waals surface area contributed by atoms with Crippen molar-refractivity contribution in [1.82, 2.24) is 9.97 Å². The van der Waals surface area contributed by atoms with Crippen LogP contribution in [-0.2, 0) is 4.79 Å². The van der Waals surface area contributed by atoms with Gasteiger partial charge in [0.1, 0.15) is 0 Å². The molecule has 0 aliphatic rings. The maximum atomic E-state index is 12.3. The molecule has 1 heterocycles. The minimum Gasteiger partial charge on any atom is -0.332 e. The number of anilines is 1. The van der Waals surface area contributed by atoms with Gasteiger partial charge >= 0.3 is 0 Å². The highest BCUT2D eigenvalue weighted by molar-refractivity contribution is 7.99. The van der Waals surface area contributed by atoms with Gasteiger partial charge in [-0.05, 0) is 18.2 Å². The van der Waals surface area contributed by atoms with Crippen LogP contribution in [-0.4, -0.2) is 21.6 Å². The number of nitrogens with one attached hydrogen (secondary N) is 2. The van der Waals surface area contributed by atoms with Gasteiger partial charge in [0.25, 0.3) is 0 Å². The number of amides is 1. The molecule has 0 saturated heterocycles. The van der Waals surface area contributed by atoms with Crippen LogP contribution in [0, 0.1) is 0 Å². The van der Waals surface area contributed by atoms with Crippen LogP contribution >= 0.6 is 35.0 Å². The molecule has 0 unspecified atom stereocenters. The normalized spacial score (nSPS) is 10.8. The fourth-order valence-electron chi connectivity index (χ4n) is 3.08. The lowest BCUT2D eigenvalue weighted by Gasteiger charge is -2.07. The number of H-pyrrole nitrogens is 1. The van der Waals surface area contributed by atoms with E-state index in [1.807, 2.05) is 48.5 Å². The third kappa shape index (κ3) is 5.50. The van der Waals surface area contributed by atoms with Crippen molar-refractivity contribution in [3.8, 4) is 22.5 Å². The Labute approximate surface area is 195 Å². The maximum Gasteiger partial charge on any atom is 0.225 e. The molecule has 2 N–H and O–H groups in total. The highest BCUT2D eigenvalue weighted by atomic mass is 35.5. The van der Waals surface area contributed by atoms with Gasteiger partial charge in [0.15, 0.2) is 5.16 Å². The number of halogens is 2. The lowest BCUT2D eigenvalue weighted by Crippen LogP contribution is -2.12. The van der Waals surface area contributed by atoms with E-state index in [1.165, 1.54) is 11.8 Å². The van der Waals surface area contributed by atoms with Gasteiger partial charge in [-0.3, -0.25) is 4.79 Å². The molecule has 0 bridgehead atoms. The first-order valence-corrected chi connectivity index (χ1v) is 11.4. The van der Waals surface area contributed by atoms with E-state index >= 15 is 0 Å². The largest absolute Gasteiger partial charge is 0.332 e. The number of carbonyl (C=O) groups is 1. The summed E-state index contributed by atoms with van der Waals surface area (Å²) in [6.07, 6.45) is 0.325. The molecule has 1 aromatic heterocycles. The Hall–Kier alpha value is -2.73. The van der Waals surface area contributed by atoms with E-state index in [9.17, 15) is 4.79 Å². The molecule has 0 aliphatic carbocycles. The van der Waals surface area contributed by atoms with Crippen molar-refractivity contribution in [3.05, 3.63) is 88.9 Å². The van der Waals surface area contributed by atoms with Gasteiger partial charge in [0.05, 0.1) is 22.1 Å². The van der Waals surface area contributed by atoms with E-state index < -0.39 is 0 Å². The summed E-state index contributed by atoms with van der Waals surface area (Å²) in [6.45, 7) is 0. The summed E-state index contributed by atoms with van der Waals surface area (Å²) < 4.78 is 0. The number of benzene rings is 3. The lowest BCUT2D eigenvalue weighted by atomic mass is 10.1. The van der Waals surface area contributed by atoms with E-state index in [4.69, 9.17) is 28.2 Å². The predicted octanol–water partition coefficient (Wildman–Crippen LogP) is 7.17. The first-order valence-electron chi connectivity index (χ1n) is 9.69. The second-order valence-electron chi connectivity index (χ2n) is 6.77.